The number of carbonyl (C=O) groups is 3. The first-order chi connectivity index (χ1) is 19.2. The van der Waals surface area contributed by atoms with Crippen molar-refractivity contribution in [3.8, 4) is 0 Å². The predicted octanol–water partition coefficient (Wildman–Crippen LogP) is 3.88. The number of hydrogen-bond donors (Lipinski definition) is 1. The number of fused-ring (bicyclic) bond motifs is 1. The molecule has 3 aliphatic heterocycles. The van der Waals surface area contributed by atoms with Crippen LogP contribution in [0.1, 0.15) is 57.9 Å². The zero-order valence-corrected chi connectivity index (χ0v) is 23.9. The molecule has 40 heavy (non-hydrogen) atoms. The zero-order chi connectivity index (χ0) is 28.9. The van der Waals surface area contributed by atoms with Gasteiger partial charge in [-0.1, -0.05) is 49.4 Å². The van der Waals surface area contributed by atoms with E-state index in [9.17, 15) is 19.5 Å². The molecular formula is C32H44N2O6. The van der Waals surface area contributed by atoms with Gasteiger partial charge in [-0.3, -0.25) is 14.4 Å². The molecule has 1 spiro atoms. The van der Waals surface area contributed by atoms with Gasteiger partial charge >= 0.3 is 5.97 Å². The highest BCUT2D eigenvalue weighted by Gasteiger charge is 2.80. The number of aliphatic hydroxyl groups is 1. The van der Waals surface area contributed by atoms with Crippen molar-refractivity contribution >= 4 is 17.8 Å². The largest absolute Gasteiger partial charge is 0.465 e. The monoisotopic (exact) mass is 552 g/mol. The number of ether oxygens (including phenoxy) is 2. The molecule has 3 heterocycles. The topological polar surface area (TPSA) is 96.4 Å². The van der Waals surface area contributed by atoms with Crippen LogP contribution in [0.3, 0.4) is 0 Å². The first kappa shape index (κ1) is 30.0. The van der Waals surface area contributed by atoms with Crippen LogP contribution in [-0.4, -0.2) is 76.2 Å². The molecule has 2 amide bonds. The van der Waals surface area contributed by atoms with Gasteiger partial charge in [0.2, 0.25) is 11.8 Å². The molecule has 1 aromatic carbocycles. The van der Waals surface area contributed by atoms with E-state index in [1.807, 2.05) is 50.3 Å². The number of nitrogens with zero attached hydrogens (tertiary/aromatic N) is 2. The van der Waals surface area contributed by atoms with Crippen LogP contribution in [0, 0.1) is 17.8 Å². The summed E-state index contributed by atoms with van der Waals surface area (Å²) in [6, 6.07) is 8.84. The Bertz CT molecular complexity index is 1090. The van der Waals surface area contributed by atoms with Gasteiger partial charge < -0.3 is 24.4 Å². The Balaban J connectivity index is 1.68. The maximum absolute atomic E-state index is 14.4. The van der Waals surface area contributed by atoms with Crippen molar-refractivity contribution in [1.29, 1.82) is 0 Å². The predicted molar refractivity (Wildman–Crippen MR) is 152 cm³/mol. The highest BCUT2D eigenvalue weighted by atomic mass is 16.6. The summed E-state index contributed by atoms with van der Waals surface area (Å²) in [6.45, 7) is 12.8. The normalized spacial score (nSPS) is 30.3. The Morgan fingerprint density at radius 1 is 1.18 bits per heavy atom. The SMILES string of the molecule is C=CCCCCOC(=O)[C@H]1[C@H]2C(=O)N(CCCCO)C(C(=O)N(CC=C)Cc3ccccc3)C23CC(C)[C@]1(C)O3. The quantitative estimate of drug-likeness (QED) is 0.202. The minimum absolute atomic E-state index is 0.00176. The minimum atomic E-state index is -1.12. The van der Waals surface area contributed by atoms with Crippen molar-refractivity contribution in [2.45, 2.75) is 76.2 Å². The average Bonchev–Trinajstić information content (AvgIpc) is 3.45. The number of likely N-dealkylation sites (tertiary alicyclic amines) is 1. The van der Waals surface area contributed by atoms with E-state index < -0.39 is 35.0 Å². The number of allylic oxidation sites excluding steroid dienone is 1. The summed E-state index contributed by atoms with van der Waals surface area (Å²) in [7, 11) is 0. The van der Waals surface area contributed by atoms with Crippen LogP contribution in [0.2, 0.25) is 0 Å². The van der Waals surface area contributed by atoms with E-state index >= 15 is 0 Å². The molecule has 1 aromatic rings. The molecule has 3 aliphatic rings. The molecule has 3 fully saturated rings. The first-order valence-electron chi connectivity index (χ1n) is 14.6. The molecule has 0 aliphatic carbocycles. The maximum atomic E-state index is 14.4. The van der Waals surface area contributed by atoms with Crippen LogP contribution in [0.4, 0.5) is 0 Å². The highest BCUT2D eigenvalue weighted by Crippen LogP contribution is 2.65. The molecule has 0 aromatic heterocycles. The average molecular weight is 553 g/mol. The molecule has 6 atom stereocenters. The van der Waals surface area contributed by atoms with E-state index in [4.69, 9.17) is 9.47 Å². The standard InChI is InChI=1S/C32H44N2O6/c1-5-7-8-14-20-39-30(38)26-25-28(36)34(18-12-13-19-35)27(32(25)21-23(3)31(26,4)40-32)29(37)33(17-6-2)22-24-15-10-9-11-16-24/h5-6,9-11,15-16,23,25-27,35H,1-2,7-8,12-14,17-22H2,3-4H3/t23?,25-,26+,27?,31-,32?/m0/s1. The van der Waals surface area contributed by atoms with Crippen molar-refractivity contribution in [3.63, 3.8) is 0 Å². The van der Waals surface area contributed by atoms with E-state index in [0.29, 0.717) is 45.3 Å². The molecule has 0 radical (unpaired) electrons. The number of amides is 2. The molecule has 0 saturated carbocycles. The van der Waals surface area contributed by atoms with E-state index in [2.05, 4.69) is 13.2 Å². The van der Waals surface area contributed by atoms with Gasteiger partial charge in [-0.05, 0) is 56.9 Å². The van der Waals surface area contributed by atoms with Gasteiger partial charge in [0.25, 0.3) is 0 Å². The summed E-state index contributed by atoms with van der Waals surface area (Å²) < 4.78 is 12.5. The smallest absolute Gasteiger partial charge is 0.312 e. The number of esters is 1. The van der Waals surface area contributed by atoms with Crippen LogP contribution in [0.25, 0.3) is 0 Å². The molecule has 4 rings (SSSR count). The molecular weight excluding hydrogens is 508 g/mol. The first-order valence-corrected chi connectivity index (χ1v) is 14.6. The lowest BCUT2D eigenvalue weighted by Gasteiger charge is -2.37. The summed E-state index contributed by atoms with van der Waals surface area (Å²) in [5, 5.41) is 9.41. The van der Waals surface area contributed by atoms with E-state index in [0.717, 1.165) is 18.4 Å². The van der Waals surface area contributed by atoms with E-state index in [1.165, 1.54) is 0 Å². The number of hydrogen-bond acceptors (Lipinski definition) is 6. The van der Waals surface area contributed by atoms with Gasteiger partial charge in [0.1, 0.15) is 17.6 Å². The molecule has 3 saturated heterocycles. The number of aliphatic hydroxyl groups excluding tert-OH is 1. The summed E-state index contributed by atoms with van der Waals surface area (Å²) in [6.07, 6.45) is 7.51. The Kier molecular flexibility index (Phi) is 9.52. The van der Waals surface area contributed by atoms with Gasteiger partial charge in [-0.25, -0.2) is 0 Å². The van der Waals surface area contributed by atoms with Crippen molar-refractivity contribution < 1.29 is 29.0 Å². The lowest BCUT2D eigenvalue weighted by atomic mass is 9.62. The fourth-order valence-corrected chi connectivity index (χ4v) is 7.03. The van der Waals surface area contributed by atoms with E-state index in [1.54, 1.807) is 15.9 Å². The maximum Gasteiger partial charge on any atom is 0.312 e. The van der Waals surface area contributed by atoms with Gasteiger partial charge in [0.05, 0.1) is 18.1 Å². The summed E-state index contributed by atoms with van der Waals surface area (Å²) in [5.41, 5.74) is -1.06. The Morgan fingerprint density at radius 2 is 1.93 bits per heavy atom. The van der Waals surface area contributed by atoms with Crippen LogP contribution >= 0.6 is 0 Å². The second-order valence-corrected chi connectivity index (χ2v) is 11.6. The van der Waals surface area contributed by atoms with Gasteiger partial charge in [0, 0.05) is 26.2 Å². The Morgan fingerprint density at radius 3 is 2.60 bits per heavy atom. The van der Waals surface area contributed by atoms with Gasteiger partial charge in [0.15, 0.2) is 0 Å². The van der Waals surface area contributed by atoms with Crippen LogP contribution in [-0.2, 0) is 30.4 Å². The Hall–Kier alpha value is -2.97. The van der Waals surface area contributed by atoms with Crippen LogP contribution < -0.4 is 0 Å². The second kappa shape index (κ2) is 12.7. The molecule has 2 bridgehead atoms. The van der Waals surface area contributed by atoms with E-state index in [-0.39, 0.29) is 30.9 Å². The molecule has 3 unspecified atom stereocenters. The van der Waals surface area contributed by atoms with Crippen molar-refractivity contribution in [1.82, 2.24) is 9.80 Å². The van der Waals surface area contributed by atoms with Gasteiger partial charge in [-0.2, -0.15) is 0 Å². The summed E-state index contributed by atoms with van der Waals surface area (Å²) in [5.74, 6) is -2.51. The minimum Gasteiger partial charge on any atom is -0.465 e. The van der Waals surface area contributed by atoms with Crippen molar-refractivity contribution in [2.75, 3.05) is 26.3 Å². The molecule has 8 nitrogen and oxygen atoms in total. The second-order valence-electron chi connectivity index (χ2n) is 11.6. The number of rotatable bonds is 15. The van der Waals surface area contributed by atoms with Crippen molar-refractivity contribution in [2.24, 2.45) is 17.8 Å². The molecule has 8 heteroatoms. The number of benzene rings is 1. The highest BCUT2D eigenvalue weighted by molar-refractivity contribution is 5.98. The summed E-state index contributed by atoms with van der Waals surface area (Å²) in [4.78, 5) is 45.5. The lowest BCUT2D eigenvalue weighted by molar-refractivity contribution is -0.162. The van der Waals surface area contributed by atoms with Crippen LogP contribution in [0.15, 0.2) is 55.6 Å². The van der Waals surface area contributed by atoms with Crippen LogP contribution in [0.5, 0.6) is 0 Å². The third-order valence-electron chi connectivity index (χ3n) is 9.03. The fourth-order valence-electron chi connectivity index (χ4n) is 7.03. The summed E-state index contributed by atoms with van der Waals surface area (Å²) >= 11 is 0. The number of carbonyl (C=O) groups excluding carboxylic acids is 3. The Labute approximate surface area is 238 Å². The lowest BCUT2D eigenvalue weighted by Crippen LogP contribution is -2.56. The van der Waals surface area contributed by atoms with Crippen molar-refractivity contribution in [3.05, 3.63) is 61.2 Å². The fraction of sp³-hybridized carbons (Fsp3) is 0.594. The van der Waals surface area contributed by atoms with Gasteiger partial charge in [-0.15, -0.1) is 13.2 Å². The molecule has 218 valence electrons. The molecule has 1 N–H and O–H groups in total. The third-order valence-corrected chi connectivity index (χ3v) is 9.03. The third kappa shape index (κ3) is 5.36. The zero-order valence-electron chi connectivity index (χ0n) is 23.9. The number of unbranched alkanes of at least 4 members (excludes halogenated alkanes) is 3.